The largest absolute Gasteiger partial charge is 0.464 e. The molecule has 0 aliphatic carbocycles. The van der Waals surface area contributed by atoms with Gasteiger partial charge in [0, 0.05) is 5.02 Å². The lowest BCUT2D eigenvalue weighted by Crippen LogP contribution is -2.43. The zero-order valence-corrected chi connectivity index (χ0v) is 13.4. The number of benzene rings is 1. The van der Waals surface area contributed by atoms with Gasteiger partial charge in [-0.1, -0.05) is 37.6 Å². The van der Waals surface area contributed by atoms with Crippen LogP contribution < -0.4 is 5.32 Å². The van der Waals surface area contributed by atoms with Crippen LogP contribution in [-0.4, -0.2) is 24.5 Å². The minimum Gasteiger partial charge on any atom is -0.464 e. The number of hydrogen-bond acceptors (Lipinski definition) is 3. The van der Waals surface area contributed by atoms with Crippen molar-refractivity contribution in [1.82, 2.24) is 5.32 Å². The molecule has 4 nitrogen and oxygen atoms in total. The Bertz CT molecular complexity index is 471. The lowest BCUT2D eigenvalue weighted by Gasteiger charge is -2.19. The molecule has 5 heteroatoms. The first-order valence-corrected chi connectivity index (χ1v) is 7.50. The average molecular weight is 312 g/mol. The van der Waals surface area contributed by atoms with Gasteiger partial charge in [0.2, 0.25) is 5.91 Å². The molecule has 116 valence electrons. The van der Waals surface area contributed by atoms with Crippen LogP contribution in [0.4, 0.5) is 0 Å². The molecule has 1 atom stereocenters. The van der Waals surface area contributed by atoms with E-state index in [-0.39, 0.29) is 24.2 Å². The van der Waals surface area contributed by atoms with Crippen molar-refractivity contribution in [2.75, 3.05) is 6.61 Å². The normalized spacial score (nSPS) is 12.0. The Hall–Kier alpha value is -1.55. The number of amides is 1. The van der Waals surface area contributed by atoms with Crippen LogP contribution >= 0.6 is 11.6 Å². The number of esters is 1. The predicted octanol–water partition coefficient (Wildman–Crippen LogP) is 2.98. The van der Waals surface area contributed by atoms with Crippen LogP contribution in [0.25, 0.3) is 0 Å². The van der Waals surface area contributed by atoms with Gasteiger partial charge >= 0.3 is 5.97 Å². The summed E-state index contributed by atoms with van der Waals surface area (Å²) in [5.74, 6) is -0.290. The first kappa shape index (κ1) is 17.5. The predicted molar refractivity (Wildman–Crippen MR) is 83.2 cm³/mol. The second-order valence-electron chi connectivity index (χ2n) is 5.30. The van der Waals surface area contributed by atoms with Gasteiger partial charge < -0.3 is 10.1 Å². The minimum absolute atomic E-state index is 0.198. The van der Waals surface area contributed by atoms with E-state index in [9.17, 15) is 9.59 Å². The molecule has 0 spiro atoms. The van der Waals surface area contributed by atoms with Crippen LogP contribution in [0.3, 0.4) is 0 Å². The monoisotopic (exact) mass is 311 g/mol. The second-order valence-corrected chi connectivity index (χ2v) is 5.74. The molecule has 21 heavy (non-hydrogen) atoms. The van der Waals surface area contributed by atoms with Gasteiger partial charge in [0.1, 0.15) is 6.04 Å². The van der Waals surface area contributed by atoms with E-state index in [1.54, 1.807) is 31.2 Å². The molecule has 1 aromatic carbocycles. The Morgan fingerprint density at radius 1 is 1.24 bits per heavy atom. The molecular weight excluding hydrogens is 290 g/mol. The molecule has 0 aliphatic rings. The standard InChI is InChI=1S/C16H22ClNO3/c1-4-21-16(20)14(9-11(2)3)18-15(19)10-12-5-7-13(17)8-6-12/h5-8,11,14H,4,9-10H2,1-3H3,(H,18,19)/t14-/m0/s1. The maximum Gasteiger partial charge on any atom is 0.328 e. The Morgan fingerprint density at radius 3 is 2.38 bits per heavy atom. The SMILES string of the molecule is CCOC(=O)[C@H](CC(C)C)NC(=O)Cc1ccc(Cl)cc1. The van der Waals surface area contributed by atoms with Gasteiger partial charge in [-0.25, -0.2) is 4.79 Å². The first-order valence-electron chi connectivity index (χ1n) is 7.12. The maximum absolute atomic E-state index is 12.0. The fourth-order valence-corrected chi connectivity index (χ4v) is 2.09. The lowest BCUT2D eigenvalue weighted by molar-refractivity contribution is -0.147. The number of carbonyl (C=O) groups excluding carboxylic acids is 2. The highest BCUT2D eigenvalue weighted by molar-refractivity contribution is 6.30. The van der Waals surface area contributed by atoms with Gasteiger partial charge in [-0.3, -0.25) is 4.79 Å². The topological polar surface area (TPSA) is 55.4 Å². The van der Waals surface area contributed by atoms with Crippen molar-refractivity contribution in [3.63, 3.8) is 0 Å². The highest BCUT2D eigenvalue weighted by Gasteiger charge is 2.23. The number of hydrogen-bond donors (Lipinski definition) is 1. The van der Waals surface area contributed by atoms with Gasteiger partial charge in [0.15, 0.2) is 0 Å². The smallest absolute Gasteiger partial charge is 0.328 e. The van der Waals surface area contributed by atoms with Crippen LogP contribution in [0.1, 0.15) is 32.8 Å². The van der Waals surface area contributed by atoms with Gasteiger partial charge in [0.25, 0.3) is 0 Å². The fourth-order valence-electron chi connectivity index (χ4n) is 1.96. The van der Waals surface area contributed by atoms with Crippen LogP contribution in [0.2, 0.25) is 5.02 Å². The zero-order valence-electron chi connectivity index (χ0n) is 12.7. The molecule has 1 aromatic rings. The third kappa shape index (κ3) is 6.63. The molecule has 0 aliphatic heterocycles. The van der Waals surface area contributed by atoms with E-state index in [0.29, 0.717) is 18.1 Å². The minimum atomic E-state index is -0.593. The number of rotatable bonds is 7. The van der Waals surface area contributed by atoms with Crippen molar-refractivity contribution in [2.45, 2.75) is 39.7 Å². The first-order chi connectivity index (χ1) is 9.92. The highest BCUT2D eigenvalue weighted by Crippen LogP contribution is 2.11. The Kier molecular flexibility index (Phi) is 7.23. The third-order valence-electron chi connectivity index (χ3n) is 2.89. The summed E-state index contributed by atoms with van der Waals surface area (Å²) in [6.07, 6.45) is 0.774. The molecule has 0 saturated carbocycles. The van der Waals surface area contributed by atoms with Crippen LogP contribution in [-0.2, 0) is 20.7 Å². The number of ether oxygens (including phenoxy) is 1. The van der Waals surface area contributed by atoms with E-state index in [1.165, 1.54) is 0 Å². The maximum atomic E-state index is 12.0. The van der Waals surface area contributed by atoms with Crippen LogP contribution in [0.5, 0.6) is 0 Å². The summed E-state index contributed by atoms with van der Waals surface area (Å²) >= 11 is 5.80. The van der Waals surface area contributed by atoms with Gasteiger partial charge in [0.05, 0.1) is 13.0 Å². The van der Waals surface area contributed by atoms with E-state index in [1.807, 2.05) is 13.8 Å². The second kappa shape index (κ2) is 8.67. The van der Waals surface area contributed by atoms with Crippen molar-refractivity contribution in [1.29, 1.82) is 0 Å². The van der Waals surface area contributed by atoms with Gasteiger partial charge in [-0.15, -0.1) is 0 Å². The molecule has 0 radical (unpaired) electrons. The number of nitrogens with one attached hydrogen (secondary N) is 1. The van der Waals surface area contributed by atoms with Crippen molar-refractivity contribution in [2.24, 2.45) is 5.92 Å². The van der Waals surface area contributed by atoms with Crippen molar-refractivity contribution in [3.8, 4) is 0 Å². The lowest BCUT2D eigenvalue weighted by atomic mass is 10.0. The van der Waals surface area contributed by atoms with Crippen LogP contribution in [0, 0.1) is 5.92 Å². The third-order valence-corrected chi connectivity index (χ3v) is 3.14. The zero-order chi connectivity index (χ0) is 15.8. The summed E-state index contributed by atoms with van der Waals surface area (Å²) in [5.41, 5.74) is 0.851. The summed E-state index contributed by atoms with van der Waals surface area (Å²) in [6, 6.07) is 6.47. The molecule has 0 unspecified atom stereocenters. The van der Waals surface area contributed by atoms with E-state index < -0.39 is 6.04 Å². The quantitative estimate of drug-likeness (QED) is 0.788. The van der Waals surface area contributed by atoms with E-state index >= 15 is 0 Å². The molecule has 0 bridgehead atoms. The van der Waals surface area contributed by atoms with Crippen LogP contribution in [0.15, 0.2) is 24.3 Å². The number of halogens is 1. The number of carbonyl (C=O) groups is 2. The summed E-state index contributed by atoms with van der Waals surface area (Å²) in [7, 11) is 0. The van der Waals surface area contributed by atoms with E-state index in [4.69, 9.17) is 16.3 Å². The summed E-state index contributed by atoms with van der Waals surface area (Å²) < 4.78 is 5.00. The molecule has 1 N–H and O–H groups in total. The average Bonchev–Trinajstić information content (AvgIpc) is 2.40. The molecular formula is C16H22ClNO3. The Morgan fingerprint density at radius 2 is 1.86 bits per heavy atom. The van der Waals surface area contributed by atoms with Crippen molar-refractivity contribution in [3.05, 3.63) is 34.9 Å². The highest BCUT2D eigenvalue weighted by atomic mass is 35.5. The molecule has 0 saturated heterocycles. The molecule has 0 heterocycles. The summed E-state index contributed by atoms with van der Waals surface area (Å²) in [6.45, 7) is 6.05. The van der Waals surface area contributed by atoms with E-state index in [0.717, 1.165) is 5.56 Å². The van der Waals surface area contributed by atoms with Gasteiger partial charge in [-0.2, -0.15) is 0 Å². The molecule has 0 fully saturated rings. The summed E-state index contributed by atoms with van der Waals surface area (Å²) in [5, 5.41) is 3.38. The van der Waals surface area contributed by atoms with Crippen molar-refractivity contribution >= 4 is 23.5 Å². The molecule has 1 amide bonds. The summed E-state index contributed by atoms with van der Waals surface area (Å²) in [4.78, 5) is 23.9. The van der Waals surface area contributed by atoms with Crippen molar-refractivity contribution < 1.29 is 14.3 Å². The van der Waals surface area contributed by atoms with E-state index in [2.05, 4.69) is 5.32 Å². The fraction of sp³-hybridized carbons (Fsp3) is 0.500. The Labute approximate surface area is 130 Å². The molecule has 1 rings (SSSR count). The Balaban J connectivity index is 2.62. The van der Waals surface area contributed by atoms with Gasteiger partial charge in [-0.05, 0) is 37.0 Å². The molecule has 0 aromatic heterocycles.